The molecule has 0 rings (SSSR count). The predicted molar refractivity (Wildman–Crippen MR) is 21.6 cm³/mol. The highest BCUT2D eigenvalue weighted by Crippen LogP contribution is 1.86. The maximum absolute atomic E-state index is 9.83. The van der Waals surface area contributed by atoms with E-state index in [4.69, 9.17) is 15.5 Å². The van der Waals surface area contributed by atoms with Gasteiger partial charge in [-0.2, -0.15) is 5.26 Å². The Morgan fingerprint density at radius 1 is 1.62 bits per heavy atom. The molecule has 0 atom stereocenters. The Morgan fingerprint density at radius 2 is 2.12 bits per heavy atom. The Labute approximate surface area is 45.1 Å². The highest BCUT2D eigenvalue weighted by Gasteiger charge is 2.06. The fourth-order valence-corrected chi connectivity index (χ4v) is 0.186. The zero-order chi connectivity index (χ0) is 6.57. The summed E-state index contributed by atoms with van der Waals surface area (Å²) in [7, 11) is 0. The number of hydrogen-bond donors (Lipinski definition) is 3. The van der Waals surface area contributed by atoms with Crippen molar-refractivity contribution in [1.82, 2.24) is 0 Å². The maximum Gasteiger partial charge on any atom is 0.347 e. The minimum atomic E-state index is -1.75. The van der Waals surface area contributed by atoms with Crippen LogP contribution in [0.25, 0.3) is 0 Å². The van der Waals surface area contributed by atoms with Crippen LogP contribution in [0, 0.1) is 0 Å². The summed E-state index contributed by atoms with van der Waals surface area (Å²) in [5, 5.41) is 23.5. The van der Waals surface area contributed by atoms with Crippen LogP contribution in [0.5, 0.6) is 0 Å². The van der Waals surface area contributed by atoms with Gasteiger partial charge in [-0.15, -0.1) is 0 Å². The summed E-state index contributed by atoms with van der Waals surface area (Å²) < 4.78 is 0. The number of rotatable bonds is 2. The summed E-state index contributed by atoms with van der Waals surface area (Å²) in [4.78, 5) is 12.9. The van der Waals surface area contributed by atoms with Crippen molar-refractivity contribution in [2.75, 3.05) is 0 Å². The molecule has 5 heteroatoms. The lowest BCUT2D eigenvalue weighted by molar-refractivity contribution is -0.239. The molecule has 0 aromatic rings. The molecule has 0 aliphatic rings. The van der Waals surface area contributed by atoms with Crippen LogP contribution in [0.1, 0.15) is 6.42 Å². The molecule has 5 nitrogen and oxygen atoms in total. The standard InChI is InChI=1S/C3H6O5/c4-2(5)1-3(6)8-7/h2,4-5,7H,1H2. The normalized spacial score (nSPS) is 9.50. The average Bonchev–Trinajstić information content (AvgIpc) is 1.65. The molecule has 0 bridgehead atoms. The molecule has 0 saturated carbocycles. The van der Waals surface area contributed by atoms with E-state index >= 15 is 0 Å². The van der Waals surface area contributed by atoms with E-state index in [0.29, 0.717) is 0 Å². The van der Waals surface area contributed by atoms with Gasteiger partial charge in [0.05, 0.1) is 6.42 Å². The average molecular weight is 122 g/mol. The Balaban J connectivity index is 3.25. The van der Waals surface area contributed by atoms with Crippen LogP contribution in [-0.4, -0.2) is 27.7 Å². The van der Waals surface area contributed by atoms with Crippen molar-refractivity contribution in [3.63, 3.8) is 0 Å². The van der Waals surface area contributed by atoms with Gasteiger partial charge in [0.15, 0.2) is 6.29 Å². The Morgan fingerprint density at radius 3 is 2.25 bits per heavy atom. The summed E-state index contributed by atoms with van der Waals surface area (Å²) in [5.41, 5.74) is 0. The topological polar surface area (TPSA) is 87.0 Å². The van der Waals surface area contributed by atoms with E-state index in [1.54, 1.807) is 0 Å². The first-order chi connectivity index (χ1) is 3.66. The smallest absolute Gasteiger partial charge is 0.347 e. The molecule has 3 N–H and O–H groups in total. The van der Waals surface area contributed by atoms with Crippen LogP contribution >= 0.6 is 0 Å². The van der Waals surface area contributed by atoms with Crippen molar-refractivity contribution in [2.24, 2.45) is 0 Å². The van der Waals surface area contributed by atoms with E-state index in [1.165, 1.54) is 0 Å². The summed E-state index contributed by atoms with van der Waals surface area (Å²) in [6.45, 7) is 0. The first-order valence-electron chi connectivity index (χ1n) is 1.87. The van der Waals surface area contributed by atoms with Crippen LogP contribution < -0.4 is 0 Å². The number of carbonyl (C=O) groups excluding carboxylic acids is 1. The number of aliphatic hydroxyl groups is 2. The molecule has 0 saturated heterocycles. The summed E-state index contributed by atoms with van der Waals surface area (Å²) in [5.74, 6) is -1.07. The van der Waals surface area contributed by atoms with Crippen molar-refractivity contribution in [3.05, 3.63) is 0 Å². The van der Waals surface area contributed by atoms with Gasteiger partial charge >= 0.3 is 5.97 Å². The van der Waals surface area contributed by atoms with Gasteiger partial charge in [0.2, 0.25) is 0 Å². The van der Waals surface area contributed by atoms with E-state index in [-0.39, 0.29) is 0 Å². The lowest BCUT2D eigenvalue weighted by Crippen LogP contribution is -2.13. The number of carbonyl (C=O) groups is 1. The first kappa shape index (κ1) is 7.35. The van der Waals surface area contributed by atoms with Crippen molar-refractivity contribution in [1.29, 1.82) is 0 Å². The third-order valence-electron chi connectivity index (χ3n) is 0.451. The fourth-order valence-electron chi connectivity index (χ4n) is 0.186. The van der Waals surface area contributed by atoms with Crippen LogP contribution in [0.15, 0.2) is 0 Å². The summed E-state index contributed by atoms with van der Waals surface area (Å²) in [6, 6.07) is 0. The third kappa shape index (κ3) is 3.54. The zero-order valence-corrected chi connectivity index (χ0v) is 3.94. The van der Waals surface area contributed by atoms with E-state index in [2.05, 4.69) is 4.89 Å². The molecule has 0 spiro atoms. The first-order valence-corrected chi connectivity index (χ1v) is 1.87. The van der Waals surface area contributed by atoms with Crippen LogP contribution in [0.4, 0.5) is 0 Å². The lowest BCUT2D eigenvalue weighted by atomic mass is 10.4. The number of aliphatic hydroxyl groups excluding tert-OH is 1. The van der Waals surface area contributed by atoms with Gasteiger partial charge in [-0.3, -0.25) is 0 Å². The van der Waals surface area contributed by atoms with Gasteiger partial charge in [-0.25, -0.2) is 4.79 Å². The summed E-state index contributed by atoms with van der Waals surface area (Å²) in [6.07, 6.45) is -2.37. The summed E-state index contributed by atoms with van der Waals surface area (Å²) >= 11 is 0. The maximum atomic E-state index is 9.83. The van der Waals surface area contributed by atoms with Gasteiger partial charge in [0.1, 0.15) is 0 Å². The van der Waals surface area contributed by atoms with Gasteiger partial charge in [0, 0.05) is 0 Å². The minimum Gasteiger partial charge on any atom is -0.368 e. The Kier molecular flexibility index (Phi) is 3.09. The second-order valence-corrected chi connectivity index (χ2v) is 1.15. The van der Waals surface area contributed by atoms with Crippen molar-refractivity contribution >= 4 is 5.97 Å². The number of hydrogen-bond acceptors (Lipinski definition) is 5. The van der Waals surface area contributed by atoms with Gasteiger partial charge in [0.25, 0.3) is 0 Å². The van der Waals surface area contributed by atoms with Crippen molar-refractivity contribution in [3.8, 4) is 0 Å². The Bertz CT molecular complexity index is 77.7. The van der Waals surface area contributed by atoms with E-state index in [9.17, 15) is 4.79 Å². The minimum absolute atomic E-state index is 0.615. The third-order valence-corrected chi connectivity index (χ3v) is 0.451. The Hall–Kier alpha value is -0.650. The molecule has 0 heterocycles. The van der Waals surface area contributed by atoms with Crippen molar-refractivity contribution in [2.45, 2.75) is 12.7 Å². The molecule has 8 heavy (non-hydrogen) atoms. The molecule has 0 amide bonds. The van der Waals surface area contributed by atoms with Crippen molar-refractivity contribution < 1.29 is 25.2 Å². The highest BCUT2D eigenvalue weighted by molar-refractivity contribution is 5.68. The molecule has 0 aliphatic carbocycles. The van der Waals surface area contributed by atoms with Gasteiger partial charge in [-0.05, 0) is 0 Å². The SMILES string of the molecule is O=C(CC(O)O)OO. The zero-order valence-electron chi connectivity index (χ0n) is 3.94. The predicted octanol–water partition coefficient (Wildman–Crippen LogP) is -1.30. The van der Waals surface area contributed by atoms with Gasteiger partial charge < -0.3 is 15.1 Å². The molecule has 0 aromatic heterocycles. The second-order valence-electron chi connectivity index (χ2n) is 1.15. The molecule has 0 aliphatic heterocycles. The van der Waals surface area contributed by atoms with Crippen LogP contribution in [0.3, 0.4) is 0 Å². The van der Waals surface area contributed by atoms with Crippen LogP contribution in [-0.2, 0) is 9.68 Å². The molecule has 0 fully saturated rings. The van der Waals surface area contributed by atoms with E-state index in [1.807, 2.05) is 0 Å². The molecule has 0 radical (unpaired) electrons. The largest absolute Gasteiger partial charge is 0.368 e. The van der Waals surface area contributed by atoms with Crippen LogP contribution in [0.2, 0.25) is 0 Å². The second kappa shape index (κ2) is 3.36. The van der Waals surface area contributed by atoms with E-state index in [0.717, 1.165) is 0 Å². The molecular formula is C3H6O5. The molecule has 48 valence electrons. The quantitative estimate of drug-likeness (QED) is 0.241. The highest BCUT2D eigenvalue weighted by atomic mass is 17.1. The molecule has 0 unspecified atom stereocenters. The monoisotopic (exact) mass is 122 g/mol. The van der Waals surface area contributed by atoms with Gasteiger partial charge in [-0.1, -0.05) is 0 Å². The van der Waals surface area contributed by atoms with E-state index < -0.39 is 18.7 Å². The fraction of sp³-hybridized carbons (Fsp3) is 0.667. The molecule has 0 aromatic carbocycles. The lowest BCUT2D eigenvalue weighted by Gasteiger charge is -1.96. The molecular weight excluding hydrogens is 116 g/mol.